The summed E-state index contributed by atoms with van der Waals surface area (Å²) in [6, 6.07) is 11.4. The third kappa shape index (κ3) is 4.37. The Bertz CT molecular complexity index is 1120. The Labute approximate surface area is 167 Å². The molecule has 5 nitrogen and oxygen atoms in total. The first-order valence-electron chi connectivity index (χ1n) is 8.00. The molecule has 0 fully saturated rings. The molecule has 140 valence electrons. The SMILES string of the molecule is Cc1nc(-c2ccc(NC(=O)c3ccc(S(C)(=O)=O)cc3Cl)cc2)c(C)s1. The molecule has 0 aliphatic carbocycles. The van der Waals surface area contributed by atoms with E-state index < -0.39 is 15.7 Å². The van der Waals surface area contributed by atoms with Gasteiger partial charge >= 0.3 is 0 Å². The van der Waals surface area contributed by atoms with Crippen LogP contribution in [0.15, 0.2) is 47.4 Å². The Balaban J connectivity index is 1.79. The van der Waals surface area contributed by atoms with E-state index in [2.05, 4.69) is 10.3 Å². The largest absolute Gasteiger partial charge is 0.322 e. The van der Waals surface area contributed by atoms with Gasteiger partial charge in [-0.25, -0.2) is 13.4 Å². The lowest BCUT2D eigenvalue weighted by atomic mass is 10.1. The van der Waals surface area contributed by atoms with Crippen molar-refractivity contribution in [3.63, 3.8) is 0 Å². The maximum Gasteiger partial charge on any atom is 0.257 e. The number of hydrogen-bond acceptors (Lipinski definition) is 5. The molecule has 0 bridgehead atoms. The fourth-order valence-corrected chi connectivity index (χ4v) is 4.44. The number of benzene rings is 2. The normalized spacial score (nSPS) is 11.4. The second-order valence-electron chi connectivity index (χ2n) is 6.08. The summed E-state index contributed by atoms with van der Waals surface area (Å²) >= 11 is 7.73. The summed E-state index contributed by atoms with van der Waals surface area (Å²) in [6.45, 7) is 3.99. The molecule has 1 aromatic heterocycles. The number of rotatable bonds is 4. The van der Waals surface area contributed by atoms with Crippen molar-refractivity contribution < 1.29 is 13.2 Å². The zero-order valence-electron chi connectivity index (χ0n) is 14.9. The van der Waals surface area contributed by atoms with Gasteiger partial charge in [-0.15, -0.1) is 11.3 Å². The number of nitrogens with zero attached hydrogens (tertiary/aromatic N) is 1. The highest BCUT2D eigenvalue weighted by molar-refractivity contribution is 7.90. The van der Waals surface area contributed by atoms with E-state index >= 15 is 0 Å². The maximum atomic E-state index is 12.5. The van der Waals surface area contributed by atoms with E-state index in [1.807, 2.05) is 26.0 Å². The molecule has 1 amide bonds. The maximum absolute atomic E-state index is 12.5. The molecule has 0 saturated carbocycles. The molecule has 3 rings (SSSR count). The molecule has 0 radical (unpaired) electrons. The van der Waals surface area contributed by atoms with E-state index in [-0.39, 0.29) is 15.5 Å². The number of hydrogen-bond donors (Lipinski definition) is 1. The van der Waals surface area contributed by atoms with Gasteiger partial charge in [-0.2, -0.15) is 0 Å². The zero-order valence-corrected chi connectivity index (χ0v) is 17.3. The smallest absolute Gasteiger partial charge is 0.257 e. The van der Waals surface area contributed by atoms with E-state index in [1.54, 1.807) is 23.5 Å². The minimum atomic E-state index is -3.38. The number of nitrogens with one attached hydrogen (secondary N) is 1. The van der Waals surface area contributed by atoms with Gasteiger partial charge in [0.25, 0.3) is 5.91 Å². The van der Waals surface area contributed by atoms with Gasteiger partial charge in [0.05, 0.1) is 26.2 Å². The molecule has 0 aliphatic heterocycles. The lowest BCUT2D eigenvalue weighted by Crippen LogP contribution is -2.13. The van der Waals surface area contributed by atoms with Gasteiger partial charge in [-0.05, 0) is 44.2 Å². The van der Waals surface area contributed by atoms with Gasteiger partial charge in [-0.1, -0.05) is 23.7 Å². The number of carbonyl (C=O) groups excluding carboxylic acids is 1. The second kappa shape index (κ2) is 7.42. The molecule has 0 atom stereocenters. The van der Waals surface area contributed by atoms with Crippen LogP contribution in [0.3, 0.4) is 0 Å². The number of sulfone groups is 1. The summed E-state index contributed by atoms with van der Waals surface area (Å²) in [7, 11) is -3.38. The first-order chi connectivity index (χ1) is 12.6. The third-order valence-corrected chi connectivity index (χ3v) is 6.24. The Kier molecular flexibility index (Phi) is 5.37. The molecule has 0 unspecified atom stereocenters. The van der Waals surface area contributed by atoms with Crippen molar-refractivity contribution in [2.75, 3.05) is 11.6 Å². The van der Waals surface area contributed by atoms with Gasteiger partial charge in [0.1, 0.15) is 0 Å². The Hall–Kier alpha value is -2.22. The van der Waals surface area contributed by atoms with Crippen LogP contribution in [0.1, 0.15) is 20.2 Å². The average Bonchev–Trinajstić information content (AvgIpc) is 2.93. The number of thiazole rings is 1. The average molecular weight is 421 g/mol. The molecule has 8 heteroatoms. The lowest BCUT2D eigenvalue weighted by Gasteiger charge is -2.09. The summed E-state index contributed by atoms with van der Waals surface area (Å²) in [5, 5.41) is 3.86. The monoisotopic (exact) mass is 420 g/mol. The highest BCUT2D eigenvalue weighted by atomic mass is 35.5. The van der Waals surface area contributed by atoms with Crippen LogP contribution in [-0.2, 0) is 9.84 Å². The highest BCUT2D eigenvalue weighted by Crippen LogP contribution is 2.28. The van der Waals surface area contributed by atoms with Crippen molar-refractivity contribution >= 4 is 44.4 Å². The third-order valence-electron chi connectivity index (χ3n) is 3.93. The number of amides is 1. The first kappa shape index (κ1) is 19.5. The quantitative estimate of drug-likeness (QED) is 0.661. The summed E-state index contributed by atoms with van der Waals surface area (Å²) in [6.07, 6.45) is 1.09. The minimum Gasteiger partial charge on any atom is -0.322 e. The molecule has 0 saturated heterocycles. The van der Waals surface area contributed by atoms with Crippen molar-refractivity contribution in [3.8, 4) is 11.3 Å². The summed E-state index contributed by atoms with van der Waals surface area (Å²) in [5.41, 5.74) is 2.73. The van der Waals surface area contributed by atoms with Crippen molar-refractivity contribution in [2.45, 2.75) is 18.7 Å². The van der Waals surface area contributed by atoms with Crippen molar-refractivity contribution in [2.24, 2.45) is 0 Å². The van der Waals surface area contributed by atoms with Crippen LogP contribution in [-0.4, -0.2) is 25.6 Å². The van der Waals surface area contributed by atoms with Crippen molar-refractivity contribution in [3.05, 3.63) is 62.9 Å². The van der Waals surface area contributed by atoms with Gasteiger partial charge < -0.3 is 5.32 Å². The topological polar surface area (TPSA) is 76.1 Å². The van der Waals surface area contributed by atoms with Crippen LogP contribution in [0.5, 0.6) is 0 Å². The zero-order chi connectivity index (χ0) is 19.8. The second-order valence-corrected chi connectivity index (χ2v) is 9.91. The molecule has 1 heterocycles. The minimum absolute atomic E-state index is 0.0716. The van der Waals surface area contributed by atoms with Crippen molar-refractivity contribution in [1.29, 1.82) is 0 Å². The standard InChI is InChI=1S/C19H17ClN2O3S2/c1-11-18(21-12(2)26-11)13-4-6-14(7-5-13)22-19(23)16-9-8-15(10-17(16)20)27(3,24)25/h4-10H,1-3H3,(H,22,23). The van der Waals surface area contributed by atoms with Crippen LogP contribution >= 0.6 is 22.9 Å². The number of halogens is 1. The van der Waals surface area contributed by atoms with Crippen molar-refractivity contribution in [1.82, 2.24) is 4.98 Å². The van der Waals surface area contributed by atoms with E-state index in [9.17, 15) is 13.2 Å². The Morgan fingerprint density at radius 2 is 1.78 bits per heavy atom. The Morgan fingerprint density at radius 1 is 1.11 bits per heavy atom. The van der Waals surface area contributed by atoms with Crippen LogP contribution in [0.4, 0.5) is 5.69 Å². The van der Waals surface area contributed by atoms with Gasteiger partial charge in [0.2, 0.25) is 0 Å². The summed E-state index contributed by atoms with van der Waals surface area (Å²) in [4.78, 5) is 18.2. The van der Waals surface area contributed by atoms with Gasteiger partial charge in [0, 0.05) is 22.4 Å². The molecule has 3 aromatic rings. The molecule has 0 spiro atoms. The predicted molar refractivity (Wildman–Crippen MR) is 110 cm³/mol. The van der Waals surface area contributed by atoms with E-state index in [0.717, 1.165) is 27.4 Å². The predicted octanol–water partition coefficient (Wildman–Crippen LogP) is 4.74. The van der Waals surface area contributed by atoms with Crippen LogP contribution < -0.4 is 5.32 Å². The Morgan fingerprint density at radius 3 is 2.30 bits per heavy atom. The van der Waals surface area contributed by atoms with Crippen LogP contribution in [0, 0.1) is 13.8 Å². The molecular weight excluding hydrogens is 404 g/mol. The van der Waals surface area contributed by atoms with Crippen LogP contribution in [0.25, 0.3) is 11.3 Å². The van der Waals surface area contributed by atoms with E-state index in [0.29, 0.717) is 5.69 Å². The molecule has 1 N–H and O–H groups in total. The number of carbonyl (C=O) groups is 1. The lowest BCUT2D eigenvalue weighted by molar-refractivity contribution is 0.102. The summed E-state index contributed by atoms with van der Waals surface area (Å²) in [5.74, 6) is -0.409. The van der Waals surface area contributed by atoms with Gasteiger partial charge in [0.15, 0.2) is 9.84 Å². The fraction of sp³-hybridized carbons (Fsp3) is 0.158. The molecule has 0 aliphatic rings. The van der Waals surface area contributed by atoms with E-state index in [4.69, 9.17) is 11.6 Å². The van der Waals surface area contributed by atoms with Crippen LogP contribution in [0.2, 0.25) is 5.02 Å². The highest BCUT2D eigenvalue weighted by Gasteiger charge is 2.15. The fourth-order valence-electron chi connectivity index (χ4n) is 2.62. The molecule has 2 aromatic carbocycles. The summed E-state index contributed by atoms with van der Waals surface area (Å²) < 4.78 is 23.1. The molecular formula is C19H17ClN2O3S2. The molecule has 27 heavy (non-hydrogen) atoms. The van der Waals surface area contributed by atoms with Gasteiger partial charge in [-0.3, -0.25) is 4.79 Å². The number of aryl methyl sites for hydroxylation is 2. The number of aromatic nitrogens is 1. The first-order valence-corrected chi connectivity index (χ1v) is 11.1. The number of anilines is 1. The van der Waals surface area contributed by atoms with E-state index in [1.165, 1.54) is 18.2 Å².